The van der Waals surface area contributed by atoms with Gasteiger partial charge in [-0.25, -0.2) is 0 Å². The maximum Gasteiger partial charge on any atom is 0.278 e. The Kier molecular flexibility index (Phi) is 6.51. The lowest BCUT2D eigenvalue weighted by atomic mass is 10.1. The molecule has 1 aromatic carbocycles. The van der Waals surface area contributed by atoms with E-state index in [0.717, 1.165) is 37.4 Å². The highest BCUT2D eigenvalue weighted by Gasteiger charge is 2.15. The second kappa shape index (κ2) is 8.63. The fraction of sp³-hybridized carbons (Fsp3) is 0.375. The van der Waals surface area contributed by atoms with Gasteiger partial charge in [-0.15, -0.1) is 11.3 Å². The summed E-state index contributed by atoms with van der Waals surface area (Å²) < 4.78 is 5.01. The highest BCUT2D eigenvalue weighted by molar-refractivity contribution is 7.15. The lowest BCUT2D eigenvalue weighted by Gasteiger charge is -2.02. The summed E-state index contributed by atoms with van der Waals surface area (Å²) in [5, 5.41) is 14.5. The van der Waals surface area contributed by atoms with E-state index in [1.165, 1.54) is 4.88 Å². The summed E-state index contributed by atoms with van der Waals surface area (Å²) >= 11 is 1.59. The van der Waals surface area contributed by atoms with Gasteiger partial charge in [0.25, 0.3) is 5.69 Å². The molecule has 0 aliphatic heterocycles. The molecule has 0 spiro atoms. The second-order valence-electron chi connectivity index (χ2n) is 4.92. The van der Waals surface area contributed by atoms with Crippen LogP contribution in [0.2, 0.25) is 0 Å². The molecule has 0 saturated carbocycles. The summed E-state index contributed by atoms with van der Waals surface area (Å²) in [5.41, 5.74) is 0.840. The minimum absolute atomic E-state index is 0.156. The third-order valence-corrected chi connectivity index (χ3v) is 4.40. The van der Waals surface area contributed by atoms with Crippen molar-refractivity contribution < 1.29 is 9.66 Å². The van der Waals surface area contributed by atoms with Gasteiger partial charge >= 0.3 is 0 Å². The van der Waals surface area contributed by atoms with Gasteiger partial charge < -0.3 is 10.1 Å². The van der Waals surface area contributed by atoms with E-state index in [0.29, 0.717) is 5.56 Å². The van der Waals surface area contributed by atoms with Crippen LogP contribution in [-0.4, -0.2) is 25.2 Å². The Balaban J connectivity index is 1.93. The first-order valence-corrected chi connectivity index (χ1v) is 8.06. The van der Waals surface area contributed by atoms with E-state index >= 15 is 0 Å². The molecule has 2 aromatic rings. The Morgan fingerprint density at radius 1 is 1.23 bits per heavy atom. The average Bonchev–Trinajstić information content (AvgIpc) is 2.99. The predicted octanol–water partition coefficient (Wildman–Crippen LogP) is 3.84. The van der Waals surface area contributed by atoms with E-state index in [1.807, 2.05) is 18.2 Å². The summed E-state index contributed by atoms with van der Waals surface area (Å²) in [6.07, 6.45) is 2.13. The minimum atomic E-state index is -0.331. The first kappa shape index (κ1) is 16.6. The van der Waals surface area contributed by atoms with Crippen molar-refractivity contribution in [1.82, 2.24) is 5.32 Å². The number of unbranched alkanes of at least 4 members (excludes halogenated alkanes) is 1. The highest BCUT2D eigenvalue weighted by atomic mass is 32.1. The Hall–Kier alpha value is -1.76. The number of nitrogens with one attached hydrogen (secondary N) is 1. The molecule has 5 nitrogen and oxygen atoms in total. The molecule has 1 aromatic heterocycles. The lowest BCUT2D eigenvalue weighted by molar-refractivity contribution is -0.384. The number of nitro benzene ring substituents is 1. The molecule has 0 atom stereocenters. The van der Waals surface area contributed by atoms with Crippen LogP contribution in [0.1, 0.15) is 17.7 Å². The second-order valence-corrected chi connectivity index (χ2v) is 6.09. The molecule has 0 bridgehead atoms. The molecule has 0 unspecified atom stereocenters. The number of hydrogen-bond donors (Lipinski definition) is 1. The molecule has 0 aliphatic rings. The third kappa shape index (κ3) is 4.62. The Bertz CT molecular complexity index is 613. The van der Waals surface area contributed by atoms with Crippen molar-refractivity contribution in [1.29, 1.82) is 0 Å². The zero-order chi connectivity index (χ0) is 15.8. The van der Waals surface area contributed by atoms with Crippen LogP contribution in [0.5, 0.6) is 0 Å². The number of nitrogens with zero attached hydrogens (tertiary/aromatic N) is 1. The van der Waals surface area contributed by atoms with E-state index in [2.05, 4.69) is 5.32 Å². The van der Waals surface area contributed by atoms with Gasteiger partial charge in [-0.2, -0.15) is 0 Å². The highest BCUT2D eigenvalue weighted by Crippen LogP contribution is 2.34. The van der Waals surface area contributed by atoms with Crippen LogP contribution in [0.25, 0.3) is 10.4 Å². The number of nitro groups is 1. The van der Waals surface area contributed by atoms with E-state index in [9.17, 15) is 10.1 Å². The van der Waals surface area contributed by atoms with Gasteiger partial charge in [-0.3, -0.25) is 10.1 Å². The molecule has 0 radical (unpaired) electrons. The molecular weight excluding hydrogens is 300 g/mol. The summed E-state index contributed by atoms with van der Waals surface area (Å²) in [4.78, 5) is 12.9. The van der Waals surface area contributed by atoms with Crippen LogP contribution in [0.4, 0.5) is 5.69 Å². The van der Waals surface area contributed by atoms with Gasteiger partial charge in [0.1, 0.15) is 0 Å². The van der Waals surface area contributed by atoms with E-state index in [4.69, 9.17) is 4.74 Å². The Morgan fingerprint density at radius 2 is 2.05 bits per heavy atom. The van der Waals surface area contributed by atoms with Crippen molar-refractivity contribution >= 4 is 17.0 Å². The fourth-order valence-corrected chi connectivity index (χ4v) is 3.18. The number of methoxy groups -OCH3 is 1. The number of rotatable bonds is 9. The number of thiophene rings is 1. The largest absolute Gasteiger partial charge is 0.385 e. The van der Waals surface area contributed by atoms with Gasteiger partial charge in [0, 0.05) is 36.1 Å². The monoisotopic (exact) mass is 320 g/mol. The maximum absolute atomic E-state index is 11.1. The average molecular weight is 320 g/mol. The Labute approximate surface area is 134 Å². The first-order chi connectivity index (χ1) is 10.7. The van der Waals surface area contributed by atoms with E-state index in [1.54, 1.807) is 36.6 Å². The van der Waals surface area contributed by atoms with Crippen LogP contribution < -0.4 is 5.32 Å². The van der Waals surface area contributed by atoms with Crippen LogP contribution >= 0.6 is 11.3 Å². The quantitative estimate of drug-likeness (QED) is 0.433. The molecule has 0 fully saturated rings. The van der Waals surface area contributed by atoms with Crippen LogP contribution in [0.15, 0.2) is 36.4 Å². The molecule has 22 heavy (non-hydrogen) atoms. The Morgan fingerprint density at radius 3 is 2.82 bits per heavy atom. The number of hydrogen-bond acceptors (Lipinski definition) is 5. The van der Waals surface area contributed by atoms with Gasteiger partial charge in [0.15, 0.2) is 0 Å². The zero-order valence-corrected chi connectivity index (χ0v) is 13.4. The molecule has 1 N–H and O–H groups in total. The topological polar surface area (TPSA) is 64.4 Å². The molecule has 6 heteroatoms. The van der Waals surface area contributed by atoms with Gasteiger partial charge in [-0.1, -0.05) is 12.1 Å². The summed E-state index contributed by atoms with van der Waals surface area (Å²) in [6.45, 7) is 2.53. The third-order valence-electron chi connectivity index (χ3n) is 3.28. The maximum atomic E-state index is 11.1. The van der Waals surface area contributed by atoms with Crippen LogP contribution in [0, 0.1) is 10.1 Å². The van der Waals surface area contributed by atoms with Crippen molar-refractivity contribution in [2.24, 2.45) is 0 Å². The number of para-hydroxylation sites is 1. The zero-order valence-electron chi connectivity index (χ0n) is 12.6. The summed E-state index contributed by atoms with van der Waals surface area (Å²) in [5.74, 6) is 0. The number of ether oxygens (including phenoxy) is 1. The smallest absolute Gasteiger partial charge is 0.278 e. The van der Waals surface area contributed by atoms with Gasteiger partial charge in [0.2, 0.25) is 0 Å². The molecule has 0 amide bonds. The van der Waals surface area contributed by atoms with Crippen molar-refractivity contribution in [3.05, 3.63) is 51.4 Å². The van der Waals surface area contributed by atoms with Crippen LogP contribution in [0.3, 0.4) is 0 Å². The van der Waals surface area contributed by atoms with Gasteiger partial charge in [0.05, 0.1) is 10.5 Å². The first-order valence-electron chi connectivity index (χ1n) is 7.24. The predicted molar refractivity (Wildman–Crippen MR) is 89.2 cm³/mol. The normalized spacial score (nSPS) is 10.8. The lowest BCUT2D eigenvalue weighted by Crippen LogP contribution is -2.14. The van der Waals surface area contributed by atoms with Crippen molar-refractivity contribution in [2.75, 3.05) is 20.3 Å². The van der Waals surface area contributed by atoms with Crippen molar-refractivity contribution in [3.63, 3.8) is 0 Å². The summed E-state index contributed by atoms with van der Waals surface area (Å²) in [7, 11) is 1.71. The summed E-state index contributed by atoms with van der Waals surface area (Å²) in [6, 6.07) is 10.8. The van der Waals surface area contributed by atoms with Crippen molar-refractivity contribution in [3.8, 4) is 10.4 Å². The molecule has 0 aliphatic carbocycles. The molecule has 0 saturated heterocycles. The standard InChI is InChI=1S/C16H20N2O3S/c1-21-11-5-4-10-17-12-13-8-9-16(22-13)14-6-2-3-7-15(14)18(19)20/h2-3,6-9,17H,4-5,10-12H2,1H3. The fourth-order valence-electron chi connectivity index (χ4n) is 2.17. The SMILES string of the molecule is COCCCCNCc1ccc(-c2ccccc2[N+](=O)[O-])s1. The van der Waals surface area contributed by atoms with Gasteiger partial charge in [-0.05, 0) is 37.6 Å². The molecule has 2 rings (SSSR count). The number of benzene rings is 1. The molecule has 118 valence electrons. The molecule has 1 heterocycles. The minimum Gasteiger partial charge on any atom is -0.385 e. The van der Waals surface area contributed by atoms with E-state index in [-0.39, 0.29) is 10.6 Å². The van der Waals surface area contributed by atoms with Crippen molar-refractivity contribution in [2.45, 2.75) is 19.4 Å². The van der Waals surface area contributed by atoms with E-state index < -0.39 is 0 Å². The van der Waals surface area contributed by atoms with Crippen LogP contribution in [-0.2, 0) is 11.3 Å². The molecular formula is C16H20N2O3S.